The number of hydrogen-bond donors (Lipinski definition) is 2. The molecule has 3 aliphatic rings. The average molecular weight is 175 g/mol. The van der Waals surface area contributed by atoms with Crippen molar-refractivity contribution in [2.24, 2.45) is 0 Å². The molecule has 0 radical (unpaired) electrons. The second-order valence-electron chi connectivity index (χ2n) is 4.22. The molecule has 2 aliphatic heterocycles. The minimum Gasteiger partial charge on any atom is -0.508 e. The van der Waals surface area contributed by atoms with Crippen molar-refractivity contribution < 1.29 is 5.11 Å². The van der Waals surface area contributed by atoms with Gasteiger partial charge in [0.1, 0.15) is 5.75 Å². The molecule has 1 aliphatic carbocycles. The Morgan fingerprint density at radius 2 is 2.31 bits per heavy atom. The minimum absolute atomic E-state index is 0.212. The second-order valence-corrected chi connectivity index (χ2v) is 4.22. The van der Waals surface area contributed by atoms with Crippen LogP contribution in [-0.4, -0.2) is 11.1 Å². The van der Waals surface area contributed by atoms with Crippen molar-refractivity contribution in [1.29, 1.82) is 0 Å². The Labute approximate surface area is 77.6 Å². The first-order valence-electron chi connectivity index (χ1n) is 4.86. The predicted molar refractivity (Wildman–Crippen MR) is 50.6 cm³/mol. The third kappa shape index (κ3) is 0.923. The highest BCUT2D eigenvalue weighted by molar-refractivity contribution is 5.36. The molecule has 2 N–H and O–H groups in total. The lowest BCUT2D eigenvalue weighted by Crippen LogP contribution is -2.53. The smallest absolute Gasteiger partial charge is 0.115 e. The molecule has 2 bridgehead atoms. The van der Waals surface area contributed by atoms with E-state index in [4.69, 9.17) is 0 Å². The fraction of sp³-hybridized carbons (Fsp3) is 0.455. The van der Waals surface area contributed by atoms with E-state index >= 15 is 0 Å². The third-order valence-electron chi connectivity index (χ3n) is 3.39. The number of nitrogens with one attached hydrogen (secondary N) is 1. The zero-order valence-electron chi connectivity index (χ0n) is 7.46. The Balaban J connectivity index is 2.00. The largest absolute Gasteiger partial charge is 0.508 e. The number of phenols is 1. The van der Waals surface area contributed by atoms with Gasteiger partial charge in [-0.15, -0.1) is 0 Å². The van der Waals surface area contributed by atoms with E-state index in [1.165, 1.54) is 24.8 Å². The van der Waals surface area contributed by atoms with Crippen LogP contribution in [0, 0.1) is 0 Å². The standard InChI is InChI=1S/C11H13NO/c13-10-3-1-2-8(6-10)11-5-4-9(7-11)12-11/h1-3,6,9,12-13H,4-5,7H2. The first-order chi connectivity index (χ1) is 6.28. The lowest BCUT2D eigenvalue weighted by molar-refractivity contribution is 0.225. The van der Waals surface area contributed by atoms with E-state index in [-0.39, 0.29) is 5.54 Å². The lowest BCUT2D eigenvalue weighted by Gasteiger charge is -2.40. The molecule has 2 nitrogen and oxygen atoms in total. The third-order valence-corrected chi connectivity index (χ3v) is 3.39. The van der Waals surface area contributed by atoms with Gasteiger partial charge in [0.25, 0.3) is 0 Å². The Morgan fingerprint density at radius 1 is 1.46 bits per heavy atom. The summed E-state index contributed by atoms with van der Waals surface area (Å²) in [6.07, 6.45) is 3.76. The van der Waals surface area contributed by atoms with E-state index < -0.39 is 0 Å². The Kier molecular flexibility index (Phi) is 1.29. The van der Waals surface area contributed by atoms with Gasteiger partial charge < -0.3 is 10.4 Å². The van der Waals surface area contributed by atoms with Crippen molar-refractivity contribution in [3.63, 3.8) is 0 Å². The van der Waals surface area contributed by atoms with Gasteiger partial charge in [-0.2, -0.15) is 0 Å². The second kappa shape index (κ2) is 2.26. The molecular formula is C11H13NO. The molecule has 4 rings (SSSR count). The highest BCUT2D eigenvalue weighted by atomic mass is 16.3. The summed E-state index contributed by atoms with van der Waals surface area (Å²) in [6.45, 7) is 0. The molecule has 0 spiro atoms. The highest BCUT2D eigenvalue weighted by Crippen LogP contribution is 2.48. The Morgan fingerprint density at radius 3 is 2.92 bits per heavy atom. The molecule has 0 amide bonds. The van der Waals surface area contributed by atoms with Crippen LogP contribution in [0.25, 0.3) is 0 Å². The number of benzene rings is 1. The molecule has 1 aromatic carbocycles. The molecule has 1 saturated carbocycles. The maximum absolute atomic E-state index is 9.38. The summed E-state index contributed by atoms with van der Waals surface area (Å²) in [5.74, 6) is 0.379. The summed E-state index contributed by atoms with van der Waals surface area (Å²) in [7, 11) is 0. The summed E-state index contributed by atoms with van der Waals surface area (Å²) in [6, 6.07) is 8.38. The van der Waals surface area contributed by atoms with E-state index in [0.29, 0.717) is 5.75 Å². The molecule has 2 heterocycles. The van der Waals surface area contributed by atoms with Gasteiger partial charge in [0.15, 0.2) is 0 Å². The molecule has 2 saturated heterocycles. The van der Waals surface area contributed by atoms with Gasteiger partial charge in [-0.1, -0.05) is 12.1 Å². The summed E-state index contributed by atoms with van der Waals surface area (Å²) in [4.78, 5) is 0. The van der Waals surface area contributed by atoms with E-state index in [0.717, 1.165) is 6.04 Å². The molecule has 2 unspecified atom stereocenters. The van der Waals surface area contributed by atoms with Gasteiger partial charge in [-0.25, -0.2) is 0 Å². The van der Waals surface area contributed by atoms with Crippen LogP contribution in [0.4, 0.5) is 0 Å². The zero-order valence-corrected chi connectivity index (χ0v) is 7.46. The maximum Gasteiger partial charge on any atom is 0.115 e. The lowest BCUT2D eigenvalue weighted by atomic mass is 9.83. The summed E-state index contributed by atoms with van der Waals surface area (Å²) < 4.78 is 0. The molecule has 2 heteroatoms. The SMILES string of the molecule is Oc1cccc(C23CCC(C2)N3)c1. The highest BCUT2D eigenvalue weighted by Gasteiger charge is 2.50. The van der Waals surface area contributed by atoms with E-state index in [2.05, 4.69) is 11.4 Å². The summed E-state index contributed by atoms with van der Waals surface area (Å²) in [5, 5.41) is 12.9. The van der Waals surface area contributed by atoms with Crippen LogP contribution in [0.1, 0.15) is 24.8 Å². The van der Waals surface area contributed by atoms with Gasteiger partial charge in [0, 0.05) is 11.6 Å². The van der Waals surface area contributed by atoms with Crippen LogP contribution in [0.3, 0.4) is 0 Å². The van der Waals surface area contributed by atoms with Crippen LogP contribution >= 0.6 is 0 Å². The molecule has 68 valence electrons. The summed E-state index contributed by atoms with van der Waals surface area (Å²) >= 11 is 0. The van der Waals surface area contributed by atoms with E-state index in [9.17, 15) is 5.11 Å². The van der Waals surface area contributed by atoms with Gasteiger partial charge >= 0.3 is 0 Å². The van der Waals surface area contributed by atoms with Gasteiger partial charge in [0.05, 0.1) is 0 Å². The molecule has 3 fully saturated rings. The number of fused-ring (bicyclic) bond motifs is 1. The van der Waals surface area contributed by atoms with Gasteiger partial charge in [-0.3, -0.25) is 0 Å². The van der Waals surface area contributed by atoms with Crippen molar-refractivity contribution in [3.8, 4) is 5.75 Å². The van der Waals surface area contributed by atoms with Crippen molar-refractivity contribution in [2.75, 3.05) is 0 Å². The Hall–Kier alpha value is -1.02. The number of rotatable bonds is 1. The van der Waals surface area contributed by atoms with Crippen molar-refractivity contribution in [3.05, 3.63) is 29.8 Å². The molecule has 2 atom stereocenters. The zero-order chi connectivity index (χ0) is 8.89. The monoisotopic (exact) mass is 175 g/mol. The quantitative estimate of drug-likeness (QED) is 0.681. The predicted octanol–water partition coefficient (Wildman–Crippen LogP) is 1.74. The fourth-order valence-electron chi connectivity index (χ4n) is 2.71. The molecule has 1 aromatic rings. The molecule has 0 aromatic heterocycles. The topological polar surface area (TPSA) is 32.3 Å². The average Bonchev–Trinajstić information content (AvgIpc) is 2.61. The van der Waals surface area contributed by atoms with Crippen LogP contribution in [0.5, 0.6) is 5.75 Å². The normalized spacial score (nSPS) is 35.8. The van der Waals surface area contributed by atoms with Crippen molar-refractivity contribution >= 4 is 0 Å². The maximum atomic E-state index is 9.38. The first kappa shape index (κ1) is 7.39. The number of hydrogen-bond acceptors (Lipinski definition) is 2. The first-order valence-corrected chi connectivity index (χ1v) is 4.86. The van der Waals surface area contributed by atoms with Gasteiger partial charge in [0.2, 0.25) is 0 Å². The van der Waals surface area contributed by atoms with Crippen molar-refractivity contribution in [2.45, 2.75) is 30.8 Å². The molecular weight excluding hydrogens is 162 g/mol. The van der Waals surface area contributed by atoms with E-state index in [1.807, 2.05) is 12.1 Å². The number of phenolic OH excluding ortho intramolecular Hbond substituents is 1. The van der Waals surface area contributed by atoms with Crippen LogP contribution in [0.2, 0.25) is 0 Å². The number of aromatic hydroxyl groups is 1. The van der Waals surface area contributed by atoms with Gasteiger partial charge in [-0.05, 0) is 37.0 Å². The van der Waals surface area contributed by atoms with Crippen molar-refractivity contribution in [1.82, 2.24) is 5.32 Å². The minimum atomic E-state index is 0.212. The van der Waals surface area contributed by atoms with E-state index in [1.54, 1.807) is 6.07 Å². The van der Waals surface area contributed by atoms with Crippen LogP contribution in [0.15, 0.2) is 24.3 Å². The Bertz CT molecular complexity index is 336. The molecule has 13 heavy (non-hydrogen) atoms. The summed E-state index contributed by atoms with van der Waals surface area (Å²) in [5.41, 5.74) is 1.46. The fourth-order valence-corrected chi connectivity index (χ4v) is 2.71. The van der Waals surface area contributed by atoms with Crippen LogP contribution < -0.4 is 5.32 Å². The van der Waals surface area contributed by atoms with Crippen LogP contribution in [-0.2, 0) is 5.54 Å².